The zero-order chi connectivity index (χ0) is 29.2. The van der Waals surface area contributed by atoms with Crippen molar-refractivity contribution in [2.45, 2.75) is 56.1 Å². The second-order valence-electron chi connectivity index (χ2n) is 11.4. The minimum absolute atomic E-state index is 0.0574. The van der Waals surface area contributed by atoms with Gasteiger partial charge in [0.15, 0.2) is 17.3 Å². The molecule has 3 N–H and O–H groups in total. The molecule has 1 unspecified atom stereocenters. The predicted octanol–water partition coefficient (Wildman–Crippen LogP) is 3.10. The summed E-state index contributed by atoms with van der Waals surface area (Å²) in [5.41, 5.74) is 1.31. The van der Waals surface area contributed by atoms with Crippen molar-refractivity contribution in [3.05, 3.63) is 64.2 Å². The van der Waals surface area contributed by atoms with Crippen LogP contribution in [0.1, 0.15) is 49.6 Å². The van der Waals surface area contributed by atoms with Crippen molar-refractivity contribution in [3.63, 3.8) is 0 Å². The monoisotopic (exact) mass is 583 g/mol. The molecule has 42 heavy (non-hydrogen) atoms. The summed E-state index contributed by atoms with van der Waals surface area (Å²) in [5.74, 6) is -2.24. The highest BCUT2D eigenvalue weighted by molar-refractivity contribution is 5.76. The number of nitrogens with one attached hydrogen (secondary N) is 3. The van der Waals surface area contributed by atoms with Gasteiger partial charge < -0.3 is 25.2 Å². The van der Waals surface area contributed by atoms with Gasteiger partial charge in [0.05, 0.1) is 18.2 Å². The average molecular weight is 584 g/mol. The second-order valence-corrected chi connectivity index (χ2v) is 11.4. The SMILES string of the molecule is O=C(NC1CCOC1)N1C[C@H](NC(=O)N2CCC(n3c(=O)[nH]c4ncccc43)CC2)CC[C@@H](c2cccc(F)c2F)C1. The lowest BCUT2D eigenvalue weighted by atomic mass is 9.93. The van der Waals surface area contributed by atoms with Crippen LogP contribution in [0.25, 0.3) is 11.2 Å². The summed E-state index contributed by atoms with van der Waals surface area (Å²) in [6, 6.07) is 6.67. The van der Waals surface area contributed by atoms with E-state index in [0.717, 1.165) is 11.6 Å². The maximum atomic E-state index is 14.8. The van der Waals surface area contributed by atoms with Crippen LogP contribution < -0.4 is 16.3 Å². The van der Waals surface area contributed by atoms with Crippen molar-refractivity contribution in [1.82, 2.24) is 35.0 Å². The third-order valence-electron chi connectivity index (χ3n) is 8.65. The van der Waals surface area contributed by atoms with Gasteiger partial charge in [-0.15, -0.1) is 0 Å². The van der Waals surface area contributed by atoms with E-state index in [1.54, 1.807) is 32.7 Å². The van der Waals surface area contributed by atoms with Gasteiger partial charge in [-0.1, -0.05) is 12.1 Å². The van der Waals surface area contributed by atoms with Crippen LogP contribution in [0.3, 0.4) is 0 Å². The largest absolute Gasteiger partial charge is 0.379 e. The number of benzene rings is 1. The van der Waals surface area contributed by atoms with Gasteiger partial charge in [0.2, 0.25) is 0 Å². The number of hydrogen-bond donors (Lipinski definition) is 3. The molecule has 0 spiro atoms. The molecule has 2 aromatic heterocycles. The average Bonchev–Trinajstić information content (AvgIpc) is 3.56. The van der Waals surface area contributed by atoms with E-state index < -0.39 is 17.6 Å². The van der Waals surface area contributed by atoms with Gasteiger partial charge >= 0.3 is 17.8 Å². The number of piperidine rings is 1. The number of aromatic nitrogens is 3. The lowest BCUT2D eigenvalue weighted by molar-refractivity contribution is 0.161. The first-order valence-corrected chi connectivity index (χ1v) is 14.5. The Balaban J connectivity index is 1.12. The van der Waals surface area contributed by atoms with Gasteiger partial charge in [-0.3, -0.25) is 9.55 Å². The van der Waals surface area contributed by atoms with Crippen molar-refractivity contribution in [2.75, 3.05) is 39.4 Å². The molecular weight excluding hydrogens is 548 g/mol. The molecule has 5 heterocycles. The summed E-state index contributed by atoms with van der Waals surface area (Å²) in [6.07, 6.45) is 4.53. The Labute approximate surface area is 241 Å². The zero-order valence-corrected chi connectivity index (χ0v) is 23.2. The third kappa shape index (κ3) is 5.83. The van der Waals surface area contributed by atoms with E-state index in [4.69, 9.17) is 4.74 Å². The Kier molecular flexibility index (Phi) is 8.09. The summed E-state index contributed by atoms with van der Waals surface area (Å²) >= 11 is 0. The van der Waals surface area contributed by atoms with Crippen molar-refractivity contribution in [3.8, 4) is 0 Å². The molecule has 3 aromatic rings. The lowest BCUT2D eigenvalue weighted by Gasteiger charge is -2.34. The predicted molar refractivity (Wildman–Crippen MR) is 150 cm³/mol. The van der Waals surface area contributed by atoms with Crippen LogP contribution >= 0.6 is 0 Å². The highest BCUT2D eigenvalue weighted by Crippen LogP contribution is 2.30. The van der Waals surface area contributed by atoms with Gasteiger partial charge in [0.25, 0.3) is 0 Å². The van der Waals surface area contributed by atoms with E-state index in [-0.39, 0.29) is 54.5 Å². The first-order valence-electron chi connectivity index (χ1n) is 14.5. The van der Waals surface area contributed by atoms with Crippen molar-refractivity contribution < 1.29 is 23.1 Å². The molecule has 0 aliphatic carbocycles. The van der Waals surface area contributed by atoms with E-state index in [2.05, 4.69) is 20.6 Å². The van der Waals surface area contributed by atoms with Crippen LogP contribution in [0.5, 0.6) is 0 Å². The molecule has 3 atom stereocenters. The minimum Gasteiger partial charge on any atom is -0.379 e. The fourth-order valence-corrected chi connectivity index (χ4v) is 6.39. The number of H-pyrrole nitrogens is 1. The standard InChI is InChI=1S/C29H35F2N7O4/c30-23-4-1-3-22(25(23)31)18-6-7-19(16-37(15-18)28(40)34-20-10-14-42-17-20)33-27(39)36-12-8-21(9-13-36)38-24-5-2-11-32-26(24)35-29(38)41/h1-5,11,18-21H,6-10,12-17H2,(H,33,39)(H,34,40)(H,32,35,41)/t18-,19-,20?/m1/s1. The molecule has 11 nitrogen and oxygen atoms in total. The summed E-state index contributed by atoms with van der Waals surface area (Å²) in [6.45, 7) is 2.37. The summed E-state index contributed by atoms with van der Waals surface area (Å²) in [4.78, 5) is 49.5. The first kappa shape index (κ1) is 28.1. The van der Waals surface area contributed by atoms with Crippen molar-refractivity contribution in [1.29, 1.82) is 0 Å². The number of ether oxygens (including phenoxy) is 1. The van der Waals surface area contributed by atoms with Crippen molar-refractivity contribution in [2.24, 2.45) is 0 Å². The molecule has 13 heteroatoms. The van der Waals surface area contributed by atoms with E-state index in [1.807, 2.05) is 6.07 Å². The molecule has 0 bridgehead atoms. The number of amides is 4. The number of hydrogen-bond acceptors (Lipinski definition) is 5. The van der Waals surface area contributed by atoms with E-state index in [1.165, 1.54) is 6.07 Å². The first-order chi connectivity index (χ1) is 20.4. The van der Waals surface area contributed by atoms with Crippen LogP contribution in [-0.2, 0) is 4.74 Å². The molecule has 0 saturated carbocycles. The number of imidazole rings is 1. The maximum Gasteiger partial charge on any atom is 0.327 e. The van der Waals surface area contributed by atoms with Crippen LogP contribution in [0.2, 0.25) is 0 Å². The number of likely N-dealkylation sites (tertiary alicyclic amines) is 2. The Morgan fingerprint density at radius 2 is 1.71 bits per heavy atom. The summed E-state index contributed by atoms with van der Waals surface area (Å²) < 4.78 is 35.9. The molecule has 6 rings (SSSR count). The zero-order valence-electron chi connectivity index (χ0n) is 23.2. The number of nitrogens with zero attached hydrogens (tertiary/aromatic N) is 4. The van der Waals surface area contributed by atoms with Crippen LogP contribution in [-0.4, -0.2) is 87.9 Å². The molecule has 0 radical (unpaired) electrons. The fraction of sp³-hybridized carbons (Fsp3) is 0.517. The second kappa shape index (κ2) is 12.1. The third-order valence-corrected chi connectivity index (χ3v) is 8.65. The Morgan fingerprint density at radius 3 is 2.50 bits per heavy atom. The molecule has 3 fully saturated rings. The molecule has 3 aliphatic rings. The van der Waals surface area contributed by atoms with Gasteiger partial charge in [0.1, 0.15) is 0 Å². The number of urea groups is 2. The molecule has 4 amide bonds. The van der Waals surface area contributed by atoms with Crippen LogP contribution in [0.4, 0.5) is 18.4 Å². The maximum absolute atomic E-state index is 14.8. The quantitative estimate of drug-likeness (QED) is 0.436. The number of rotatable bonds is 4. The Hall–Kier alpha value is -4.00. The highest BCUT2D eigenvalue weighted by Gasteiger charge is 2.33. The van der Waals surface area contributed by atoms with Gasteiger partial charge in [-0.05, 0) is 55.9 Å². The summed E-state index contributed by atoms with van der Waals surface area (Å²) in [5, 5.41) is 6.07. The molecule has 224 valence electrons. The van der Waals surface area contributed by atoms with E-state index in [0.29, 0.717) is 64.1 Å². The number of carbonyl (C=O) groups is 2. The normalized spacial score (nSPS) is 23.6. The number of fused-ring (bicyclic) bond motifs is 1. The lowest BCUT2D eigenvalue weighted by Crippen LogP contribution is -2.53. The van der Waals surface area contributed by atoms with Gasteiger partial charge in [0, 0.05) is 57.0 Å². The molecule has 3 saturated heterocycles. The topological polar surface area (TPSA) is 125 Å². The van der Waals surface area contributed by atoms with Gasteiger partial charge in [-0.25, -0.2) is 28.1 Å². The smallest absolute Gasteiger partial charge is 0.327 e. The van der Waals surface area contributed by atoms with Crippen LogP contribution in [0, 0.1) is 11.6 Å². The number of aromatic amines is 1. The number of halogens is 2. The molecule has 1 aromatic carbocycles. The number of carbonyl (C=O) groups excluding carboxylic acids is 2. The van der Waals surface area contributed by atoms with Crippen molar-refractivity contribution >= 4 is 23.2 Å². The molecular formula is C29H35F2N7O4. The van der Waals surface area contributed by atoms with E-state index in [9.17, 15) is 23.2 Å². The summed E-state index contributed by atoms with van der Waals surface area (Å²) in [7, 11) is 0. The highest BCUT2D eigenvalue weighted by atomic mass is 19.2. The van der Waals surface area contributed by atoms with E-state index >= 15 is 0 Å². The fourth-order valence-electron chi connectivity index (χ4n) is 6.39. The van der Waals surface area contributed by atoms with Gasteiger partial charge in [-0.2, -0.15) is 0 Å². The molecule has 3 aliphatic heterocycles. The van der Waals surface area contributed by atoms with Crippen LogP contribution in [0.15, 0.2) is 41.3 Å². The Bertz CT molecular complexity index is 1500. The minimum atomic E-state index is -0.921. The number of pyridine rings is 1. The Morgan fingerprint density at radius 1 is 0.929 bits per heavy atom.